The van der Waals surface area contributed by atoms with Gasteiger partial charge >= 0.3 is 0 Å². The van der Waals surface area contributed by atoms with E-state index in [4.69, 9.17) is 0 Å². The molecule has 5 rings (SSSR count). The summed E-state index contributed by atoms with van der Waals surface area (Å²) in [5, 5.41) is 0. The van der Waals surface area contributed by atoms with E-state index < -0.39 is 0 Å². The van der Waals surface area contributed by atoms with Crippen LogP contribution in [-0.2, 0) is 24.4 Å². The third-order valence-corrected chi connectivity index (χ3v) is 6.86. The second-order valence-corrected chi connectivity index (χ2v) is 9.44. The molecule has 0 aromatic heterocycles. The minimum atomic E-state index is -0.233. The van der Waals surface area contributed by atoms with Gasteiger partial charge in [-0.15, -0.1) is 0 Å². The van der Waals surface area contributed by atoms with Crippen LogP contribution in [-0.4, -0.2) is 41.4 Å². The third-order valence-electron chi connectivity index (χ3n) is 6.33. The largest absolute Gasteiger partial charge is 0.357 e. The van der Waals surface area contributed by atoms with Gasteiger partial charge in [-0.3, -0.25) is 9.69 Å². The van der Waals surface area contributed by atoms with Gasteiger partial charge in [-0.25, -0.2) is 4.39 Å². The maximum Gasteiger partial charge on any atom is 0.247 e. The Morgan fingerprint density at radius 3 is 2.34 bits per heavy atom. The first-order valence-electron chi connectivity index (χ1n) is 10.9. The van der Waals surface area contributed by atoms with E-state index in [0.29, 0.717) is 26.2 Å². The summed E-state index contributed by atoms with van der Waals surface area (Å²) in [6, 6.07) is 22.9. The second-order valence-electron chi connectivity index (χ2n) is 8.52. The Labute approximate surface area is 196 Å². The van der Waals surface area contributed by atoms with Gasteiger partial charge in [0.25, 0.3) is 0 Å². The van der Waals surface area contributed by atoms with Gasteiger partial charge in [0.1, 0.15) is 11.9 Å². The number of rotatable bonds is 4. The second kappa shape index (κ2) is 9.04. The smallest absolute Gasteiger partial charge is 0.247 e. The van der Waals surface area contributed by atoms with Crippen LogP contribution in [0.2, 0.25) is 0 Å². The molecular weight excluding hydrogens is 469 g/mol. The molecule has 2 aliphatic heterocycles. The van der Waals surface area contributed by atoms with Crippen molar-refractivity contribution in [1.29, 1.82) is 0 Å². The molecule has 1 amide bonds. The highest BCUT2D eigenvalue weighted by atomic mass is 79.9. The molecule has 1 unspecified atom stereocenters. The normalized spacial score (nSPS) is 18.8. The van der Waals surface area contributed by atoms with E-state index in [1.165, 1.54) is 17.7 Å². The van der Waals surface area contributed by atoms with E-state index in [-0.39, 0.29) is 17.8 Å². The number of benzene rings is 3. The van der Waals surface area contributed by atoms with E-state index in [0.717, 1.165) is 34.4 Å². The molecule has 0 radical (unpaired) electrons. The molecule has 0 N–H and O–H groups in total. The van der Waals surface area contributed by atoms with Crippen molar-refractivity contribution in [2.75, 3.05) is 24.5 Å². The highest BCUT2D eigenvalue weighted by molar-refractivity contribution is 9.10. The van der Waals surface area contributed by atoms with Gasteiger partial charge < -0.3 is 9.80 Å². The van der Waals surface area contributed by atoms with E-state index in [1.54, 1.807) is 0 Å². The molecule has 164 valence electrons. The zero-order valence-electron chi connectivity index (χ0n) is 17.8. The number of amides is 1. The lowest BCUT2D eigenvalue weighted by atomic mass is 10.1. The summed E-state index contributed by atoms with van der Waals surface area (Å²) in [4.78, 5) is 20.3. The molecule has 0 spiro atoms. The number of carbonyl (C=O) groups excluding carboxylic acids is 1. The van der Waals surface area contributed by atoms with Crippen LogP contribution < -0.4 is 4.90 Å². The van der Waals surface area contributed by atoms with E-state index in [1.807, 2.05) is 35.2 Å². The van der Waals surface area contributed by atoms with E-state index in [9.17, 15) is 9.18 Å². The van der Waals surface area contributed by atoms with Crippen LogP contribution in [0.15, 0.2) is 77.3 Å². The summed E-state index contributed by atoms with van der Waals surface area (Å²) in [6.45, 7) is 4.22. The first-order chi connectivity index (χ1) is 15.6. The standard InChI is InChI=1S/C26H25BrFN3O/c27-22-9-5-20(6-10-22)16-30-17-21-3-1-2-4-24(21)31-14-13-29(18-25(31)26(30)32)15-19-7-11-23(28)12-8-19/h1-12,25H,13-18H2. The van der Waals surface area contributed by atoms with E-state index >= 15 is 0 Å². The molecule has 2 aliphatic rings. The number of anilines is 1. The van der Waals surface area contributed by atoms with Gasteiger partial charge in [-0.05, 0) is 47.0 Å². The third kappa shape index (κ3) is 4.43. The molecule has 3 aromatic rings. The minimum absolute atomic E-state index is 0.160. The number of carbonyl (C=O) groups is 1. The molecule has 4 nitrogen and oxygen atoms in total. The van der Waals surface area contributed by atoms with Crippen molar-refractivity contribution in [2.45, 2.75) is 25.7 Å². The Morgan fingerprint density at radius 2 is 1.56 bits per heavy atom. The lowest BCUT2D eigenvalue weighted by Gasteiger charge is -2.42. The van der Waals surface area contributed by atoms with Crippen LogP contribution in [0.4, 0.5) is 10.1 Å². The molecule has 1 atom stereocenters. The minimum Gasteiger partial charge on any atom is -0.357 e. The molecular formula is C26H25BrFN3O. The fraction of sp³-hybridized carbons (Fsp3) is 0.269. The average molecular weight is 494 g/mol. The molecule has 1 saturated heterocycles. The maximum atomic E-state index is 13.8. The predicted molar refractivity (Wildman–Crippen MR) is 128 cm³/mol. The lowest BCUT2D eigenvalue weighted by molar-refractivity contribution is -0.134. The number of hydrogen-bond acceptors (Lipinski definition) is 3. The fourth-order valence-electron chi connectivity index (χ4n) is 4.69. The van der Waals surface area contributed by atoms with Crippen molar-refractivity contribution in [1.82, 2.24) is 9.80 Å². The number of piperazine rings is 1. The van der Waals surface area contributed by atoms with Crippen molar-refractivity contribution in [2.24, 2.45) is 0 Å². The number of para-hydroxylation sites is 1. The molecule has 2 heterocycles. The summed E-state index contributed by atoms with van der Waals surface area (Å²) in [6.07, 6.45) is 0. The Balaban J connectivity index is 1.41. The van der Waals surface area contributed by atoms with E-state index in [2.05, 4.69) is 56.1 Å². The summed E-state index contributed by atoms with van der Waals surface area (Å²) in [5.74, 6) is -0.0642. The Morgan fingerprint density at radius 1 is 0.875 bits per heavy atom. The number of halogens is 2. The van der Waals surface area contributed by atoms with Gasteiger partial charge in [-0.2, -0.15) is 0 Å². The quantitative estimate of drug-likeness (QED) is 0.521. The number of fused-ring (bicyclic) bond motifs is 3. The van der Waals surface area contributed by atoms with Gasteiger partial charge in [-0.1, -0.05) is 58.4 Å². The summed E-state index contributed by atoms with van der Waals surface area (Å²) in [5.41, 5.74) is 4.53. The lowest BCUT2D eigenvalue weighted by Crippen LogP contribution is -2.58. The van der Waals surface area contributed by atoms with Crippen LogP contribution in [0.25, 0.3) is 0 Å². The van der Waals surface area contributed by atoms with Crippen LogP contribution in [0, 0.1) is 5.82 Å². The zero-order valence-corrected chi connectivity index (χ0v) is 19.3. The topological polar surface area (TPSA) is 26.8 Å². The van der Waals surface area contributed by atoms with Crippen LogP contribution in [0.1, 0.15) is 16.7 Å². The van der Waals surface area contributed by atoms with Gasteiger partial charge in [0.15, 0.2) is 0 Å². The molecule has 0 bridgehead atoms. The predicted octanol–water partition coefficient (Wildman–Crippen LogP) is 4.82. The van der Waals surface area contributed by atoms with Gasteiger partial charge in [0.2, 0.25) is 5.91 Å². The van der Waals surface area contributed by atoms with Crippen LogP contribution >= 0.6 is 15.9 Å². The van der Waals surface area contributed by atoms with Gasteiger partial charge in [0.05, 0.1) is 0 Å². The zero-order chi connectivity index (χ0) is 22.1. The fourth-order valence-corrected chi connectivity index (χ4v) is 4.96. The highest BCUT2D eigenvalue weighted by Gasteiger charge is 2.38. The average Bonchev–Trinajstić information content (AvgIpc) is 2.92. The first-order valence-corrected chi connectivity index (χ1v) is 11.7. The molecule has 0 aliphatic carbocycles. The maximum absolute atomic E-state index is 13.8. The molecule has 6 heteroatoms. The molecule has 32 heavy (non-hydrogen) atoms. The van der Waals surface area contributed by atoms with Crippen molar-refractivity contribution >= 4 is 27.5 Å². The SMILES string of the molecule is O=C1C2CN(Cc3ccc(F)cc3)CCN2c2ccccc2CN1Cc1ccc(Br)cc1. The monoisotopic (exact) mass is 493 g/mol. The van der Waals surface area contributed by atoms with Crippen LogP contribution in [0.5, 0.6) is 0 Å². The van der Waals surface area contributed by atoms with Gasteiger partial charge in [0, 0.05) is 49.4 Å². The van der Waals surface area contributed by atoms with Crippen molar-refractivity contribution in [3.05, 3.63) is 99.8 Å². The Bertz CT molecular complexity index is 1100. The van der Waals surface area contributed by atoms with Crippen molar-refractivity contribution in [3.63, 3.8) is 0 Å². The summed E-state index contributed by atoms with van der Waals surface area (Å²) < 4.78 is 14.3. The molecule has 1 fully saturated rings. The van der Waals surface area contributed by atoms with Crippen LogP contribution in [0.3, 0.4) is 0 Å². The Kier molecular flexibility index (Phi) is 5.98. The first kappa shape index (κ1) is 21.2. The highest BCUT2D eigenvalue weighted by Crippen LogP contribution is 2.31. The molecule has 3 aromatic carbocycles. The molecule has 0 saturated carbocycles. The summed E-state index contributed by atoms with van der Waals surface area (Å²) in [7, 11) is 0. The summed E-state index contributed by atoms with van der Waals surface area (Å²) >= 11 is 3.49. The number of hydrogen-bond donors (Lipinski definition) is 0. The number of nitrogens with zero attached hydrogens (tertiary/aromatic N) is 3. The van der Waals surface area contributed by atoms with Crippen molar-refractivity contribution < 1.29 is 9.18 Å². The Hall–Kier alpha value is -2.70. The van der Waals surface area contributed by atoms with Crippen molar-refractivity contribution in [3.8, 4) is 0 Å².